The van der Waals surface area contributed by atoms with Crippen LogP contribution in [0.3, 0.4) is 0 Å². The fourth-order valence-corrected chi connectivity index (χ4v) is 2.88. The summed E-state index contributed by atoms with van der Waals surface area (Å²) in [7, 11) is 0. The number of aryl methyl sites for hydroxylation is 1. The Kier molecular flexibility index (Phi) is 2.60. The van der Waals surface area contributed by atoms with Crippen molar-refractivity contribution >= 4 is 0 Å². The molecule has 3 rings (SSSR count). The summed E-state index contributed by atoms with van der Waals surface area (Å²) in [6.07, 6.45) is 2.31. The van der Waals surface area contributed by atoms with Gasteiger partial charge in [0.2, 0.25) is 0 Å². The molecule has 1 spiro atoms. The van der Waals surface area contributed by atoms with Gasteiger partial charge in [0.1, 0.15) is 11.4 Å². The quantitative estimate of drug-likeness (QED) is 0.777. The summed E-state index contributed by atoms with van der Waals surface area (Å²) in [6, 6.07) is 6.17. The summed E-state index contributed by atoms with van der Waals surface area (Å²) in [5, 5.41) is 13.6. The zero-order valence-corrected chi connectivity index (χ0v) is 10.2. The Balaban J connectivity index is 1.97. The van der Waals surface area contributed by atoms with Gasteiger partial charge in [0.15, 0.2) is 0 Å². The van der Waals surface area contributed by atoms with Gasteiger partial charge in [0.05, 0.1) is 6.10 Å². The minimum atomic E-state index is -0.385. The number of ether oxygens (including phenoxy) is 1. The van der Waals surface area contributed by atoms with E-state index in [1.165, 1.54) is 5.56 Å². The first-order valence-electron chi connectivity index (χ1n) is 6.43. The van der Waals surface area contributed by atoms with Gasteiger partial charge >= 0.3 is 0 Å². The molecule has 0 aliphatic carbocycles. The molecule has 3 nitrogen and oxygen atoms in total. The third-order valence-electron chi connectivity index (χ3n) is 3.94. The minimum absolute atomic E-state index is 0.182. The molecule has 0 bridgehead atoms. The van der Waals surface area contributed by atoms with Crippen molar-refractivity contribution in [2.45, 2.75) is 37.9 Å². The van der Waals surface area contributed by atoms with Gasteiger partial charge in [0, 0.05) is 24.9 Å². The molecule has 1 fully saturated rings. The van der Waals surface area contributed by atoms with E-state index >= 15 is 0 Å². The van der Waals surface area contributed by atoms with Crippen LogP contribution in [0.2, 0.25) is 0 Å². The van der Waals surface area contributed by atoms with Crippen molar-refractivity contribution in [2.24, 2.45) is 0 Å². The molecule has 1 aromatic rings. The van der Waals surface area contributed by atoms with Crippen molar-refractivity contribution in [3.63, 3.8) is 0 Å². The average Bonchev–Trinajstić information content (AvgIpc) is 2.76. The van der Waals surface area contributed by atoms with Gasteiger partial charge < -0.3 is 15.2 Å². The summed E-state index contributed by atoms with van der Waals surface area (Å²) >= 11 is 0. The highest BCUT2D eigenvalue weighted by molar-refractivity contribution is 5.41. The number of aliphatic hydroxyl groups is 1. The standard InChI is InChI=1S/C14H19NO2/c1-2-10-3-4-11-12(16)8-14(5-6-15-9-14)17-13(11)7-10/h3-4,7,12,15-16H,2,5-6,8-9H2,1H3. The topological polar surface area (TPSA) is 41.5 Å². The van der Waals surface area contributed by atoms with Gasteiger partial charge in [-0.1, -0.05) is 19.1 Å². The van der Waals surface area contributed by atoms with E-state index in [4.69, 9.17) is 4.74 Å². The molecule has 0 aromatic heterocycles. The maximum Gasteiger partial charge on any atom is 0.126 e. The molecule has 92 valence electrons. The molecule has 0 amide bonds. The largest absolute Gasteiger partial charge is 0.485 e. The van der Waals surface area contributed by atoms with E-state index in [9.17, 15) is 5.11 Å². The third-order valence-corrected chi connectivity index (χ3v) is 3.94. The van der Waals surface area contributed by atoms with Crippen molar-refractivity contribution in [1.29, 1.82) is 0 Å². The lowest BCUT2D eigenvalue weighted by Crippen LogP contribution is -2.43. The summed E-state index contributed by atoms with van der Waals surface area (Å²) < 4.78 is 6.17. The first-order chi connectivity index (χ1) is 8.22. The normalized spacial score (nSPS) is 31.3. The number of nitrogens with one attached hydrogen (secondary N) is 1. The van der Waals surface area contributed by atoms with Crippen molar-refractivity contribution in [2.75, 3.05) is 13.1 Å². The van der Waals surface area contributed by atoms with E-state index in [-0.39, 0.29) is 11.7 Å². The summed E-state index contributed by atoms with van der Waals surface area (Å²) in [5.74, 6) is 0.881. The molecule has 2 heterocycles. The second-order valence-corrected chi connectivity index (χ2v) is 5.16. The van der Waals surface area contributed by atoms with Crippen LogP contribution in [0.1, 0.15) is 37.0 Å². The van der Waals surface area contributed by atoms with E-state index < -0.39 is 0 Å². The Bertz CT molecular complexity index is 424. The fourth-order valence-electron chi connectivity index (χ4n) is 2.88. The molecule has 2 unspecified atom stereocenters. The highest BCUT2D eigenvalue weighted by Gasteiger charge is 2.42. The molecule has 0 radical (unpaired) electrons. The van der Waals surface area contributed by atoms with Gasteiger partial charge in [-0.3, -0.25) is 0 Å². The Morgan fingerprint density at radius 2 is 2.41 bits per heavy atom. The Morgan fingerprint density at radius 3 is 3.12 bits per heavy atom. The molecule has 2 atom stereocenters. The van der Waals surface area contributed by atoms with Crippen LogP contribution in [-0.2, 0) is 6.42 Å². The van der Waals surface area contributed by atoms with Crippen LogP contribution < -0.4 is 10.1 Å². The fraction of sp³-hybridized carbons (Fsp3) is 0.571. The van der Waals surface area contributed by atoms with Crippen LogP contribution in [-0.4, -0.2) is 23.8 Å². The van der Waals surface area contributed by atoms with E-state index in [0.29, 0.717) is 6.42 Å². The lowest BCUT2D eigenvalue weighted by molar-refractivity contribution is -0.000349. The van der Waals surface area contributed by atoms with E-state index in [1.54, 1.807) is 0 Å². The molecule has 1 aromatic carbocycles. The SMILES string of the molecule is CCc1ccc2c(c1)OC1(CCNC1)CC2O. The molecule has 3 heteroatoms. The van der Waals surface area contributed by atoms with Gasteiger partial charge in [0.25, 0.3) is 0 Å². The molecule has 0 saturated carbocycles. The van der Waals surface area contributed by atoms with Crippen LogP contribution >= 0.6 is 0 Å². The number of aliphatic hydroxyl groups excluding tert-OH is 1. The Hall–Kier alpha value is -1.06. The highest BCUT2D eigenvalue weighted by atomic mass is 16.5. The average molecular weight is 233 g/mol. The third kappa shape index (κ3) is 1.83. The van der Waals surface area contributed by atoms with Gasteiger partial charge in [-0.15, -0.1) is 0 Å². The molecule has 2 N–H and O–H groups in total. The predicted molar refractivity (Wildman–Crippen MR) is 66.2 cm³/mol. The van der Waals surface area contributed by atoms with Crippen molar-refractivity contribution in [3.05, 3.63) is 29.3 Å². The first-order valence-corrected chi connectivity index (χ1v) is 6.43. The van der Waals surface area contributed by atoms with Gasteiger partial charge in [-0.05, 0) is 24.6 Å². The van der Waals surface area contributed by atoms with Gasteiger partial charge in [-0.2, -0.15) is 0 Å². The smallest absolute Gasteiger partial charge is 0.126 e. The molecular weight excluding hydrogens is 214 g/mol. The van der Waals surface area contributed by atoms with Crippen molar-refractivity contribution in [3.8, 4) is 5.75 Å². The molecule has 17 heavy (non-hydrogen) atoms. The highest BCUT2D eigenvalue weighted by Crippen LogP contribution is 2.42. The molecule has 1 saturated heterocycles. The van der Waals surface area contributed by atoms with Crippen molar-refractivity contribution in [1.82, 2.24) is 5.32 Å². The second kappa shape index (κ2) is 4.00. The monoisotopic (exact) mass is 233 g/mol. The minimum Gasteiger partial charge on any atom is -0.485 e. The van der Waals surface area contributed by atoms with Crippen LogP contribution in [0.5, 0.6) is 5.75 Å². The Labute approximate surface area is 102 Å². The lowest BCUT2D eigenvalue weighted by atomic mass is 9.87. The van der Waals surface area contributed by atoms with Gasteiger partial charge in [-0.25, -0.2) is 0 Å². The number of fused-ring (bicyclic) bond motifs is 1. The van der Waals surface area contributed by atoms with Crippen molar-refractivity contribution < 1.29 is 9.84 Å². The summed E-state index contributed by atoms with van der Waals surface area (Å²) in [4.78, 5) is 0. The van der Waals surface area contributed by atoms with Crippen LogP contribution in [0.15, 0.2) is 18.2 Å². The zero-order valence-electron chi connectivity index (χ0n) is 10.2. The number of hydrogen-bond donors (Lipinski definition) is 2. The summed E-state index contributed by atoms with van der Waals surface area (Å²) in [6.45, 7) is 3.96. The number of benzene rings is 1. The van der Waals surface area contributed by atoms with Crippen LogP contribution in [0, 0.1) is 0 Å². The summed E-state index contributed by atoms with van der Waals surface area (Å²) in [5.41, 5.74) is 2.03. The maximum absolute atomic E-state index is 10.2. The van der Waals surface area contributed by atoms with E-state index in [1.807, 2.05) is 6.07 Å². The number of hydrogen-bond acceptors (Lipinski definition) is 3. The van der Waals surface area contributed by atoms with E-state index in [0.717, 1.165) is 37.2 Å². The first kappa shape index (κ1) is 11.1. The van der Waals surface area contributed by atoms with Crippen LogP contribution in [0.4, 0.5) is 0 Å². The predicted octanol–water partition coefficient (Wildman–Crippen LogP) is 1.80. The van der Waals surface area contributed by atoms with Crippen LogP contribution in [0.25, 0.3) is 0 Å². The maximum atomic E-state index is 10.2. The molecule has 2 aliphatic heterocycles. The molecular formula is C14H19NO2. The van der Waals surface area contributed by atoms with E-state index in [2.05, 4.69) is 24.4 Å². The molecule has 2 aliphatic rings. The Morgan fingerprint density at radius 1 is 1.53 bits per heavy atom. The number of rotatable bonds is 1. The lowest BCUT2D eigenvalue weighted by Gasteiger charge is -2.37. The second-order valence-electron chi connectivity index (χ2n) is 5.16. The zero-order chi connectivity index (χ0) is 11.9.